The number of hydrogen-bond acceptors (Lipinski definition) is 3. The lowest BCUT2D eigenvalue weighted by molar-refractivity contribution is 0.236. The molecule has 30 heavy (non-hydrogen) atoms. The van der Waals surface area contributed by atoms with Gasteiger partial charge in [-0.2, -0.15) is 0 Å². The number of benzene rings is 3. The van der Waals surface area contributed by atoms with E-state index in [4.69, 9.17) is 9.72 Å². The molecule has 1 aromatic heterocycles. The van der Waals surface area contributed by atoms with E-state index in [1.807, 2.05) is 78.9 Å². The topological polar surface area (TPSA) is 79.0 Å². The number of fused-ring (bicyclic) bond motifs is 1. The number of para-hydroxylation sites is 2. The summed E-state index contributed by atoms with van der Waals surface area (Å²) in [6.07, 6.45) is 0.600. The number of hydrogen-bond donors (Lipinski definition) is 3. The van der Waals surface area contributed by atoms with Crippen LogP contribution in [0.3, 0.4) is 0 Å². The first kappa shape index (κ1) is 19.5. The van der Waals surface area contributed by atoms with Crippen molar-refractivity contribution in [1.29, 1.82) is 0 Å². The minimum absolute atomic E-state index is 0.238. The molecule has 0 spiro atoms. The van der Waals surface area contributed by atoms with Crippen LogP contribution in [0.15, 0.2) is 78.9 Å². The van der Waals surface area contributed by atoms with Gasteiger partial charge >= 0.3 is 6.03 Å². The first-order chi connectivity index (χ1) is 14.7. The normalized spacial score (nSPS) is 11.8. The van der Waals surface area contributed by atoms with Crippen LogP contribution in [-0.4, -0.2) is 23.1 Å². The lowest BCUT2D eigenvalue weighted by atomic mass is 10.1. The number of H-pyrrole nitrogens is 1. The number of carbonyl (C=O) groups excluding carboxylic acids is 1. The highest BCUT2D eigenvalue weighted by molar-refractivity contribution is 5.76. The number of nitrogens with one attached hydrogen (secondary N) is 3. The van der Waals surface area contributed by atoms with Crippen LogP contribution in [0.5, 0.6) is 5.75 Å². The third kappa shape index (κ3) is 4.78. The third-order valence-corrected chi connectivity index (χ3v) is 4.94. The molecule has 0 fully saturated rings. The largest absolute Gasteiger partial charge is 0.497 e. The summed E-state index contributed by atoms with van der Waals surface area (Å²) in [5.41, 5.74) is 3.94. The van der Waals surface area contributed by atoms with Crippen molar-refractivity contribution < 1.29 is 9.53 Å². The van der Waals surface area contributed by atoms with Gasteiger partial charge in [-0.05, 0) is 41.8 Å². The number of aromatic nitrogens is 2. The summed E-state index contributed by atoms with van der Waals surface area (Å²) in [5.74, 6) is 1.52. The molecule has 0 saturated carbocycles. The Morgan fingerprint density at radius 1 is 0.967 bits per heavy atom. The van der Waals surface area contributed by atoms with E-state index in [0.29, 0.717) is 13.0 Å². The van der Waals surface area contributed by atoms with E-state index < -0.39 is 0 Å². The standard InChI is InChI=1S/C24H24N4O2/c1-30-19-13-11-17(12-14-19)15-22(23-26-20-9-5-6-10-21(20)27-23)28-24(29)25-16-18-7-3-2-4-8-18/h2-14,22H,15-16H2,1H3,(H,26,27)(H2,25,28,29)/t22-/m1/s1. The van der Waals surface area contributed by atoms with Crippen LogP contribution in [-0.2, 0) is 13.0 Å². The summed E-state index contributed by atoms with van der Waals surface area (Å²) in [7, 11) is 1.64. The Hall–Kier alpha value is -3.80. The van der Waals surface area contributed by atoms with Crippen molar-refractivity contribution in [2.24, 2.45) is 0 Å². The van der Waals surface area contributed by atoms with Crippen LogP contribution >= 0.6 is 0 Å². The molecule has 0 saturated heterocycles. The van der Waals surface area contributed by atoms with Crippen molar-refractivity contribution in [2.75, 3.05) is 7.11 Å². The van der Waals surface area contributed by atoms with Crippen LogP contribution in [0.1, 0.15) is 23.0 Å². The number of rotatable bonds is 7. The molecule has 6 heteroatoms. The Morgan fingerprint density at radius 3 is 2.43 bits per heavy atom. The van der Waals surface area contributed by atoms with Gasteiger partial charge in [0.2, 0.25) is 0 Å². The van der Waals surface area contributed by atoms with Crippen LogP contribution in [0, 0.1) is 0 Å². The highest BCUT2D eigenvalue weighted by Crippen LogP contribution is 2.21. The fourth-order valence-electron chi connectivity index (χ4n) is 3.34. The fourth-order valence-corrected chi connectivity index (χ4v) is 3.34. The first-order valence-corrected chi connectivity index (χ1v) is 9.87. The van der Waals surface area contributed by atoms with Gasteiger partial charge in [0, 0.05) is 6.54 Å². The molecule has 0 aliphatic carbocycles. The van der Waals surface area contributed by atoms with Crippen LogP contribution in [0.4, 0.5) is 4.79 Å². The maximum Gasteiger partial charge on any atom is 0.315 e. The molecule has 3 aromatic carbocycles. The summed E-state index contributed by atoms with van der Waals surface area (Å²) in [6.45, 7) is 0.460. The second-order valence-electron chi connectivity index (χ2n) is 7.06. The highest BCUT2D eigenvalue weighted by Gasteiger charge is 2.19. The van der Waals surface area contributed by atoms with E-state index in [9.17, 15) is 4.79 Å². The van der Waals surface area contributed by atoms with E-state index in [1.54, 1.807) is 7.11 Å². The van der Waals surface area contributed by atoms with Crippen molar-refractivity contribution >= 4 is 17.1 Å². The maximum atomic E-state index is 12.6. The van der Waals surface area contributed by atoms with Gasteiger partial charge in [0.05, 0.1) is 24.2 Å². The Morgan fingerprint density at radius 2 is 1.70 bits per heavy atom. The molecule has 0 aliphatic heterocycles. The molecule has 0 radical (unpaired) electrons. The van der Waals surface area contributed by atoms with Crippen molar-refractivity contribution in [3.8, 4) is 5.75 Å². The monoisotopic (exact) mass is 400 g/mol. The second kappa shape index (κ2) is 9.13. The van der Waals surface area contributed by atoms with Gasteiger partial charge in [-0.15, -0.1) is 0 Å². The zero-order chi connectivity index (χ0) is 20.8. The fraction of sp³-hybridized carbons (Fsp3) is 0.167. The van der Waals surface area contributed by atoms with Crippen LogP contribution in [0.25, 0.3) is 11.0 Å². The van der Waals surface area contributed by atoms with Gasteiger partial charge in [0.25, 0.3) is 0 Å². The SMILES string of the molecule is COc1ccc(C[C@@H](NC(=O)NCc2ccccc2)c2nc3ccccc3[nH]2)cc1. The Bertz CT molecular complexity index is 1070. The average Bonchev–Trinajstić information content (AvgIpc) is 3.23. The molecule has 0 bridgehead atoms. The molecule has 1 heterocycles. The number of urea groups is 1. The summed E-state index contributed by atoms with van der Waals surface area (Å²) >= 11 is 0. The maximum absolute atomic E-state index is 12.6. The second-order valence-corrected chi connectivity index (χ2v) is 7.06. The number of nitrogens with zero attached hydrogens (tertiary/aromatic N) is 1. The number of imidazole rings is 1. The van der Waals surface area contributed by atoms with E-state index in [1.165, 1.54) is 0 Å². The summed E-state index contributed by atoms with van der Waals surface area (Å²) < 4.78 is 5.24. The molecule has 0 unspecified atom stereocenters. The zero-order valence-electron chi connectivity index (χ0n) is 16.8. The molecular weight excluding hydrogens is 376 g/mol. The molecule has 4 rings (SSSR count). The smallest absolute Gasteiger partial charge is 0.315 e. The van der Waals surface area contributed by atoms with E-state index in [2.05, 4.69) is 15.6 Å². The first-order valence-electron chi connectivity index (χ1n) is 9.87. The van der Waals surface area contributed by atoms with Crippen LogP contribution < -0.4 is 15.4 Å². The highest BCUT2D eigenvalue weighted by atomic mass is 16.5. The van der Waals surface area contributed by atoms with Gasteiger partial charge < -0.3 is 20.4 Å². The third-order valence-electron chi connectivity index (χ3n) is 4.94. The predicted molar refractivity (Wildman–Crippen MR) is 117 cm³/mol. The average molecular weight is 400 g/mol. The Balaban J connectivity index is 1.52. The van der Waals surface area contributed by atoms with Crippen LogP contribution in [0.2, 0.25) is 0 Å². The Kier molecular flexibility index (Phi) is 5.94. The van der Waals surface area contributed by atoms with Gasteiger partial charge in [0.15, 0.2) is 0 Å². The Labute approximate surface area is 175 Å². The molecule has 3 N–H and O–H groups in total. The summed E-state index contributed by atoms with van der Waals surface area (Å²) in [4.78, 5) is 20.7. The number of methoxy groups -OCH3 is 1. The van der Waals surface area contributed by atoms with E-state index in [0.717, 1.165) is 33.7 Å². The number of carbonyl (C=O) groups is 1. The van der Waals surface area contributed by atoms with Gasteiger partial charge in [-0.25, -0.2) is 9.78 Å². The summed E-state index contributed by atoms with van der Waals surface area (Å²) in [6, 6.07) is 25.0. The van der Waals surface area contributed by atoms with Gasteiger partial charge in [-0.1, -0.05) is 54.6 Å². The molecular formula is C24H24N4O2. The lowest BCUT2D eigenvalue weighted by Gasteiger charge is -2.18. The minimum Gasteiger partial charge on any atom is -0.497 e. The molecule has 4 aromatic rings. The quantitative estimate of drug-likeness (QED) is 0.431. The molecule has 152 valence electrons. The molecule has 2 amide bonds. The molecule has 0 aliphatic rings. The van der Waals surface area contributed by atoms with Crippen molar-refractivity contribution in [3.63, 3.8) is 0 Å². The number of amides is 2. The zero-order valence-corrected chi connectivity index (χ0v) is 16.8. The van der Waals surface area contributed by atoms with E-state index >= 15 is 0 Å². The minimum atomic E-state index is -0.304. The molecule has 6 nitrogen and oxygen atoms in total. The van der Waals surface area contributed by atoms with Crippen molar-refractivity contribution in [3.05, 3.63) is 95.8 Å². The number of ether oxygens (including phenoxy) is 1. The summed E-state index contributed by atoms with van der Waals surface area (Å²) in [5, 5.41) is 5.99. The van der Waals surface area contributed by atoms with Crippen molar-refractivity contribution in [2.45, 2.75) is 19.0 Å². The van der Waals surface area contributed by atoms with Gasteiger partial charge in [0.1, 0.15) is 11.6 Å². The predicted octanol–water partition coefficient (Wildman–Crippen LogP) is 4.35. The lowest BCUT2D eigenvalue weighted by Crippen LogP contribution is -2.38. The molecule has 1 atom stereocenters. The number of aromatic amines is 1. The van der Waals surface area contributed by atoms with Crippen molar-refractivity contribution in [1.82, 2.24) is 20.6 Å². The van der Waals surface area contributed by atoms with E-state index in [-0.39, 0.29) is 12.1 Å². The van der Waals surface area contributed by atoms with Gasteiger partial charge in [-0.3, -0.25) is 0 Å².